The van der Waals surface area contributed by atoms with Crippen LogP contribution in [0.3, 0.4) is 0 Å². The van der Waals surface area contributed by atoms with Gasteiger partial charge in [0, 0.05) is 12.1 Å². The van der Waals surface area contributed by atoms with Crippen LogP contribution in [0.25, 0.3) is 0 Å². The number of carbonyl (C=O) groups excluding carboxylic acids is 1. The van der Waals surface area contributed by atoms with Crippen molar-refractivity contribution in [1.82, 2.24) is 5.32 Å². The molecule has 0 radical (unpaired) electrons. The topological polar surface area (TPSA) is 61.4 Å². The Hall–Kier alpha value is -1.26. The first kappa shape index (κ1) is 14.2. The number of hydrogen-bond acceptors (Lipinski definition) is 3. The lowest BCUT2D eigenvalue weighted by molar-refractivity contribution is -0.116. The Bertz CT molecular complexity index is 445. The minimum atomic E-state index is 0.000268. The van der Waals surface area contributed by atoms with Crippen LogP contribution in [0.1, 0.15) is 25.7 Å². The standard InChI is InChI=1S/C14H19ClN2O2/c15-12-9-11(2-3-13(12)18)17-14(19)4-1-10-5-7-16-8-6-10/h2-3,9-10,16,18H,1,4-8H2,(H,17,19). The molecule has 0 aliphatic carbocycles. The highest BCUT2D eigenvalue weighted by molar-refractivity contribution is 6.32. The fourth-order valence-electron chi connectivity index (χ4n) is 2.31. The van der Waals surface area contributed by atoms with E-state index in [-0.39, 0.29) is 16.7 Å². The van der Waals surface area contributed by atoms with Crippen LogP contribution in [0.4, 0.5) is 5.69 Å². The van der Waals surface area contributed by atoms with Crippen LogP contribution in [0.15, 0.2) is 18.2 Å². The molecule has 0 spiro atoms. The largest absolute Gasteiger partial charge is 0.506 e. The maximum Gasteiger partial charge on any atom is 0.224 e. The molecule has 0 atom stereocenters. The molecule has 1 aliphatic rings. The number of halogens is 1. The summed E-state index contributed by atoms with van der Waals surface area (Å²) >= 11 is 5.79. The molecule has 1 fully saturated rings. The van der Waals surface area contributed by atoms with Crippen LogP contribution in [0.5, 0.6) is 5.75 Å². The zero-order valence-electron chi connectivity index (χ0n) is 10.8. The molecule has 1 aromatic carbocycles. The molecule has 0 aromatic heterocycles. The Labute approximate surface area is 118 Å². The number of phenolic OH excluding ortho intramolecular Hbond substituents is 1. The highest BCUT2D eigenvalue weighted by atomic mass is 35.5. The molecule has 3 N–H and O–H groups in total. The van der Waals surface area contributed by atoms with E-state index in [4.69, 9.17) is 11.6 Å². The third kappa shape index (κ3) is 4.40. The van der Waals surface area contributed by atoms with Gasteiger partial charge in [-0.15, -0.1) is 0 Å². The maximum absolute atomic E-state index is 11.8. The quantitative estimate of drug-likeness (QED) is 0.744. The summed E-state index contributed by atoms with van der Waals surface area (Å²) in [6.45, 7) is 2.11. The van der Waals surface area contributed by atoms with Gasteiger partial charge in [-0.2, -0.15) is 0 Å². The first-order chi connectivity index (χ1) is 9.15. The van der Waals surface area contributed by atoms with Crippen molar-refractivity contribution in [3.8, 4) is 5.75 Å². The van der Waals surface area contributed by atoms with Crippen molar-refractivity contribution < 1.29 is 9.90 Å². The monoisotopic (exact) mass is 282 g/mol. The van der Waals surface area contributed by atoms with Crippen molar-refractivity contribution in [2.45, 2.75) is 25.7 Å². The molecule has 19 heavy (non-hydrogen) atoms. The average Bonchev–Trinajstić information content (AvgIpc) is 2.42. The fourth-order valence-corrected chi connectivity index (χ4v) is 2.49. The fraction of sp³-hybridized carbons (Fsp3) is 0.500. The summed E-state index contributed by atoms with van der Waals surface area (Å²) in [6.07, 6.45) is 3.76. The molecule has 1 aliphatic heterocycles. The Morgan fingerprint density at radius 3 is 2.84 bits per heavy atom. The second-order valence-corrected chi connectivity index (χ2v) is 5.35. The van der Waals surface area contributed by atoms with Gasteiger partial charge < -0.3 is 15.7 Å². The van der Waals surface area contributed by atoms with Gasteiger partial charge in [0.15, 0.2) is 0 Å². The maximum atomic E-state index is 11.8. The van der Waals surface area contributed by atoms with Crippen molar-refractivity contribution in [2.75, 3.05) is 18.4 Å². The summed E-state index contributed by atoms with van der Waals surface area (Å²) in [5, 5.41) is 15.7. The van der Waals surface area contributed by atoms with E-state index in [1.807, 2.05) is 0 Å². The van der Waals surface area contributed by atoms with Crippen molar-refractivity contribution in [3.63, 3.8) is 0 Å². The highest BCUT2D eigenvalue weighted by Crippen LogP contribution is 2.26. The molecule has 0 saturated carbocycles. The van der Waals surface area contributed by atoms with E-state index >= 15 is 0 Å². The van der Waals surface area contributed by atoms with Gasteiger partial charge in [-0.1, -0.05) is 11.6 Å². The molecule has 1 saturated heterocycles. The number of anilines is 1. The number of benzene rings is 1. The molecule has 5 heteroatoms. The van der Waals surface area contributed by atoms with Crippen LogP contribution in [0, 0.1) is 5.92 Å². The number of hydrogen-bond donors (Lipinski definition) is 3. The molecular weight excluding hydrogens is 264 g/mol. The molecule has 4 nitrogen and oxygen atoms in total. The van der Waals surface area contributed by atoms with Crippen LogP contribution in [-0.4, -0.2) is 24.1 Å². The zero-order valence-corrected chi connectivity index (χ0v) is 11.5. The molecule has 104 valence electrons. The van der Waals surface area contributed by atoms with Gasteiger partial charge >= 0.3 is 0 Å². The third-order valence-corrected chi connectivity index (χ3v) is 3.77. The second-order valence-electron chi connectivity index (χ2n) is 4.95. The van der Waals surface area contributed by atoms with E-state index < -0.39 is 0 Å². The first-order valence-electron chi connectivity index (χ1n) is 6.64. The number of nitrogens with one attached hydrogen (secondary N) is 2. The molecule has 2 rings (SSSR count). The SMILES string of the molecule is O=C(CCC1CCNCC1)Nc1ccc(O)c(Cl)c1. The van der Waals surface area contributed by atoms with Crippen molar-refractivity contribution in [1.29, 1.82) is 0 Å². The van der Waals surface area contributed by atoms with Crippen LogP contribution in [0.2, 0.25) is 5.02 Å². The smallest absolute Gasteiger partial charge is 0.224 e. The predicted molar refractivity (Wildman–Crippen MR) is 76.6 cm³/mol. The average molecular weight is 283 g/mol. The van der Waals surface area contributed by atoms with Crippen LogP contribution < -0.4 is 10.6 Å². The Kier molecular flexibility index (Phi) is 5.05. The minimum Gasteiger partial charge on any atom is -0.506 e. The number of phenols is 1. The van der Waals surface area contributed by atoms with E-state index in [1.165, 1.54) is 6.07 Å². The van der Waals surface area contributed by atoms with Crippen LogP contribution in [-0.2, 0) is 4.79 Å². The summed E-state index contributed by atoms with van der Waals surface area (Å²) in [5.41, 5.74) is 0.623. The van der Waals surface area contributed by atoms with Gasteiger partial charge in [0.05, 0.1) is 5.02 Å². The minimum absolute atomic E-state index is 0.000268. The molecule has 1 amide bonds. The van der Waals surface area contributed by atoms with E-state index in [0.29, 0.717) is 18.0 Å². The lowest BCUT2D eigenvalue weighted by Crippen LogP contribution is -2.28. The van der Waals surface area contributed by atoms with Crippen molar-refractivity contribution >= 4 is 23.2 Å². The van der Waals surface area contributed by atoms with Gasteiger partial charge in [0.1, 0.15) is 5.75 Å². The van der Waals surface area contributed by atoms with Gasteiger partial charge in [0.2, 0.25) is 5.91 Å². The lowest BCUT2D eigenvalue weighted by atomic mass is 9.93. The summed E-state index contributed by atoms with van der Waals surface area (Å²) in [5.74, 6) is 0.671. The summed E-state index contributed by atoms with van der Waals surface area (Å²) in [6, 6.07) is 4.67. The number of aromatic hydroxyl groups is 1. The number of carbonyl (C=O) groups is 1. The van der Waals surface area contributed by atoms with E-state index in [2.05, 4.69) is 10.6 Å². The molecule has 1 heterocycles. The number of amides is 1. The number of rotatable bonds is 4. The Morgan fingerprint density at radius 2 is 2.16 bits per heavy atom. The zero-order chi connectivity index (χ0) is 13.7. The molecular formula is C14H19ClN2O2. The third-order valence-electron chi connectivity index (χ3n) is 3.47. The van der Waals surface area contributed by atoms with Gasteiger partial charge in [0.25, 0.3) is 0 Å². The Balaban J connectivity index is 1.78. The van der Waals surface area contributed by atoms with Crippen molar-refractivity contribution in [3.05, 3.63) is 23.2 Å². The van der Waals surface area contributed by atoms with E-state index in [9.17, 15) is 9.90 Å². The summed E-state index contributed by atoms with van der Waals surface area (Å²) in [7, 11) is 0. The lowest BCUT2D eigenvalue weighted by Gasteiger charge is -2.22. The van der Waals surface area contributed by atoms with Gasteiger partial charge in [-0.25, -0.2) is 0 Å². The molecule has 1 aromatic rings. The Morgan fingerprint density at radius 1 is 1.42 bits per heavy atom. The summed E-state index contributed by atoms with van der Waals surface area (Å²) in [4.78, 5) is 11.8. The number of piperidine rings is 1. The van der Waals surface area contributed by atoms with Crippen molar-refractivity contribution in [2.24, 2.45) is 5.92 Å². The van der Waals surface area contributed by atoms with Gasteiger partial charge in [-0.3, -0.25) is 4.79 Å². The van der Waals surface area contributed by atoms with E-state index in [1.54, 1.807) is 12.1 Å². The highest BCUT2D eigenvalue weighted by Gasteiger charge is 2.14. The predicted octanol–water partition coefficient (Wildman–Crippen LogP) is 2.76. The van der Waals surface area contributed by atoms with E-state index in [0.717, 1.165) is 32.4 Å². The molecule has 0 bridgehead atoms. The summed E-state index contributed by atoms with van der Waals surface area (Å²) < 4.78 is 0. The second kappa shape index (κ2) is 6.78. The van der Waals surface area contributed by atoms with Gasteiger partial charge in [-0.05, 0) is 56.5 Å². The first-order valence-corrected chi connectivity index (χ1v) is 7.02. The normalized spacial score (nSPS) is 16.3. The van der Waals surface area contributed by atoms with Crippen LogP contribution >= 0.6 is 11.6 Å². The molecule has 0 unspecified atom stereocenters.